The molecule has 0 bridgehead atoms. The average molecular weight is 673 g/mol. The van der Waals surface area contributed by atoms with E-state index in [1.807, 2.05) is 0 Å². The smallest absolute Gasteiger partial charge is 0.338 e. The molecular formula is C35H44O13. The molecule has 2 aliphatic rings. The van der Waals surface area contributed by atoms with Crippen LogP contribution in [0.1, 0.15) is 79.1 Å². The van der Waals surface area contributed by atoms with E-state index >= 15 is 0 Å². The van der Waals surface area contributed by atoms with Crippen LogP contribution in [-0.2, 0) is 47.7 Å². The Bertz CT molecular complexity index is 1510. The van der Waals surface area contributed by atoms with Crippen molar-refractivity contribution in [3.8, 4) is 0 Å². The summed E-state index contributed by atoms with van der Waals surface area (Å²) in [7, 11) is 0. The quantitative estimate of drug-likeness (QED) is 0.255. The largest absolute Gasteiger partial charge is 0.458 e. The maximum atomic E-state index is 14.2. The number of aliphatic hydroxyl groups is 2. The van der Waals surface area contributed by atoms with Crippen LogP contribution in [0.4, 0.5) is 0 Å². The van der Waals surface area contributed by atoms with Gasteiger partial charge < -0.3 is 33.9 Å². The van der Waals surface area contributed by atoms with E-state index in [1.54, 1.807) is 32.0 Å². The molecule has 48 heavy (non-hydrogen) atoms. The van der Waals surface area contributed by atoms with Gasteiger partial charge in [-0.2, -0.15) is 0 Å². The van der Waals surface area contributed by atoms with Gasteiger partial charge in [0.2, 0.25) is 0 Å². The maximum Gasteiger partial charge on any atom is 0.338 e. The van der Waals surface area contributed by atoms with Crippen molar-refractivity contribution >= 4 is 35.6 Å². The summed E-state index contributed by atoms with van der Waals surface area (Å²) in [4.78, 5) is 77.5. The third-order valence-electron chi connectivity index (χ3n) is 8.41. The molecule has 13 nitrogen and oxygen atoms in total. The fraction of sp³-hybridized carbons (Fsp3) is 0.543. The molecule has 0 heterocycles. The first-order valence-electron chi connectivity index (χ1n) is 15.4. The van der Waals surface area contributed by atoms with Gasteiger partial charge in [0, 0.05) is 51.0 Å². The molecular weight excluding hydrogens is 628 g/mol. The predicted molar refractivity (Wildman–Crippen MR) is 168 cm³/mol. The number of carbonyl (C=O) groups excluding carboxylic acids is 6. The number of fused-ring (bicyclic) bond motifs is 1. The van der Waals surface area contributed by atoms with Gasteiger partial charge in [-0.25, -0.2) is 4.79 Å². The summed E-state index contributed by atoms with van der Waals surface area (Å²) in [5.41, 5.74) is -8.34. The van der Waals surface area contributed by atoms with Gasteiger partial charge in [0.1, 0.15) is 5.60 Å². The van der Waals surface area contributed by atoms with Crippen LogP contribution in [0.15, 0.2) is 54.1 Å². The van der Waals surface area contributed by atoms with E-state index in [9.17, 15) is 39.0 Å². The molecule has 0 aliphatic heterocycles. The van der Waals surface area contributed by atoms with Gasteiger partial charge in [0.25, 0.3) is 0 Å². The molecule has 1 fully saturated rings. The number of esters is 5. The summed E-state index contributed by atoms with van der Waals surface area (Å²) >= 11 is 0. The zero-order valence-electron chi connectivity index (χ0n) is 28.6. The third-order valence-corrected chi connectivity index (χ3v) is 8.41. The molecule has 0 radical (unpaired) electrons. The highest BCUT2D eigenvalue weighted by Gasteiger charge is 2.64. The van der Waals surface area contributed by atoms with Crippen LogP contribution in [0, 0.1) is 11.3 Å². The fourth-order valence-electron chi connectivity index (χ4n) is 6.37. The lowest BCUT2D eigenvalue weighted by molar-refractivity contribution is -0.207. The zero-order chi connectivity index (χ0) is 36.4. The van der Waals surface area contributed by atoms with Crippen molar-refractivity contribution in [1.29, 1.82) is 0 Å². The van der Waals surface area contributed by atoms with E-state index in [0.717, 1.165) is 40.7 Å². The van der Waals surface area contributed by atoms with Crippen LogP contribution in [0.25, 0.3) is 0 Å². The van der Waals surface area contributed by atoms with Gasteiger partial charge in [-0.05, 0) is 32.1 Å². The first-order valence-corrected chi connectivity index (χ1v) is 15.4. The summed E-state index contributed by atoms with van der Waals surface area (Å²) in [5, 5.41) is 24.6. The van der Waals surface area contributed by atoms with Crippen LogP contribution in [0.5, 0.6) is 0 Å². The van der Waals surface area contributed by atoms with Crippen molar-refractivity contribution < 1.29 is 62.7 Å². The predicted octanol–water partition coefficient (Wildman–Crippen LogP) is 2.94. The minimum Gasteiger partial charge on any atom is -0.458 e. The highest BCUT2D eigenvalue weighted by Crippen LogP contribution is 2.50. The standard InChI is InChI=1S/C35H44O13/c1-19-15-16-32(6,7)29(45-21(3)37)26(44-20(2)36)30(46-22(4)38)33(8,42)17-25-28(47-31(41)24-13-11-10-12-14-24)34(9,48-23(5)39)18-35(25,43)27(19)40/h10-17,19,26,28-30,42-43H,18H2,1-9H3/b16-15+,25-17+/t19-,26+,28+,29+,30+,33+,34+,35+/m0/s1. The molecule has 3 rings (SSSR count). The first-order chi connectivity index (χ1) is 22.0. The van der Waals surface area contributed by atoms with Crippen molar-refractivity contribution in [2.24, 2.45) is 11.3 Å². The molecule has 0 amide bonds. The van der Waals surface area contributed by atoms with E-state index < -0.39 is 94.6 Å². The van der Waals surface area contributed by atoms with Crippen LogP contribution < -0.4 is 0 Å². The van der Waals surface area contributed by atoms with Crippen molar-refractivity contribution in [3.63, 3.8) is 0 Å². The Kier molecular flexibility index (Phi) is 11.1. The molecule has 1 aromatic rings. The maximum absolute atomic E-state index is 14.2. The van der Waals surface area contributed by atoms with E-state index in [4.69, 9.17) is 23.7 Å². The molecule has 13 heteroatoms. The van der Waals surface area contributed by atoms with E-state index in [0.29, 0.717) is 0 Å². The second-order valence-electron chi connectivity index (χ2n) is 13.4. The molecule has 0 saturated heterocycles. The third kappa shape index (κ3) is 8.19. The van der Waals surface area contributed by atoms with Gasteiger partial charge in [-0.15, -0.1) is 0 Å². The minimum absolute atomic E-state index is 0.0976. The van der Waals surface area contributed by atoms with Crippen LogP contribution in [0.3, 0.4) is 0 Å². The molecule has 0 aromatic heterocycles. The molecule has 2 N–H and O–H groups in total. The van der Waals surface area contributed by atoms with Gasteiger partial charge in [0.05, 0.1) is 5.56 Å². The molecule has 1 saturated carbocycles. The second kappa shape index (κ2) is 14.0. The Hall–Kier alpha value is -4.36. The average Bonchev–Trinajstić information content (AvgIpc) is 3.16. The molecule has 1 aromatic carbocycles. The molecule has 0 spiro atoms. The van der Waals surface area contributed by atoms with E-state index in [1.165, 1.54) is 38.1 Å². The van der Waals surface area contributed by atoms with Gasteiger partial charge in [0.15, 0.2) is 41.4 Å². The monoisotopic (exact) mass is 672 g/mol. The van der Waals surface area contributed by atoms with Crippen molar-refractivity contribution in [2.75, 3.05) is 0 Å². The van der Waals surface area contributed by atoms with Gasteiger partial charge in [-0.3, -0.25) is 24.0 Å². The molecule has 8 atom stereocenters. The van der Waals surface area contributed by atoms with Crippen molar-refractivity contribution in [3.05, 3.63) is 59.7 Å². The Labute approximate surface area is 279 Å². The normalized spacial score (nSPS) is 34.9. The lowest BCUT2D eigenvalue weighted by atomic mass is 9.75. The Morgan fingerprint density at radius 3 is 1.83 bits per heavy atom. The highest BCUT2D eigenvalue weighted by atomic mass is 16.6. The first kappa shape index (κ1) is 38.1. The zero-order valence-corrected chi connectivity index (χ0v) is 28.6. The number of ketones is 1. The highest BCUT2D eigenvalue weighted by molar-refractivity contribution is 5.95. The number of Topliss-reactive ketones (excluding diaryl/α,β-unsaturated/α-hetero) is 1. The number of rotatable bonds is 6. The number of benzene rings is 1. The topological polar surface area (TPSA) is 189 Å². The second-order valence-corrected chi connectivity index (χ2v) is 13.4. The summed E-state index contributed by atoms with van der Waals surface area (Å²) in [6.45, 7) is 11.6. The number of hydrogen-bond acceptors (Lipinski definition) is 13. The lowest BCUT2D eigenvalue weighted by Gasteiger charge is -2.43. The van der Waals surface area contributed by atoms with E-state index in [2.05, 4.69) is 0 Å². The minimum atomic E-state index is -2.52. The summed E-state index contributed by atoms with van der Waals surface area (Å²) in [6.07, 6.45) is -3.21. The molecule has 262 valence electrons. The molecule has 2 aliphatic carbocycles. The number of hydrogen-bond donors (Lipinski definition) is 2. The van der Waals surface area contributed by atoms with E-state index in [-0.39, 0.29) is 11.1 Å². The number of allylic oxidation sites excluding steroid dienone is 1. The summed E-state index contributed by atoms with van der Waals surface area (Å²) < 4.78 is 28.3. The van der Waals surface area contributed by atoms with Crippen molar-refractivity contribution in [2.45, 2.75) is 110 Å². The van der Waals surface area contributed by atoms with Crippen LogP contribution in [-0.4, -0.2) is 87.1 Å². The number of carbonyl (C=O) groups is 6. The Morgan fingerprint density at radius 1 is 0.771 bits per heavy atom. The fourth-order valence-corrected chi connectivity index (χ4v) is 6.37. The summed E-state index contributed by atoms with van der Waals surface area (Å²) in [6, 6.07) is 7.78. The Balaban J connectivity index is 2.43. The SMILES string of the molecule is CC(=O)O[C@@H]1[C@@H](OC(C)=O)C(C)(C)/C=C/[C@H](C)C(=O)[C@@]2(O)C[C@@](C)(OC(C)=O)[C@H](OC(=O)c3ccccc3)/C2=C\[C@@](C)(O)[C@@H]1OC(C)=O. The van der Waals surface area contributed by atoms with Crippen LogP contribution >= 0.6 is 0 Å². The van der Waals surface area contributed by atoms with Gasteiger partial charge in [-0.1, -0.05) is 51.1 Å². The lowest BCUT2D eigenvalue weighted by Crippen LogP contribution is -2.59. The number of ether oxygens (including phenoxy) is 5. The van der Waals surface area contributed by atoms with Gasteiger partial charge >= 0.3 is 29.8 Å². The van der Waals surface area contributed by atoms with Crippen LogP contribution in [0.2, 0.25) is 0 Å². The summed E-state index contributed by atoms with van der Waals surface area (Å²) in [5.74, 6) is -6.17. The van der Waals surface area contributed by atoms with Crippen molar-refractivity contribution in [1.82, 2.24) is 0 Å². The molecule has 0 unspecified atom stereocenters. The Morgan fingerprint density at radius 2 is 1.31 bits per heavy atom.